The molecular formula is C16H26ClN3O2S. The van der Waals surface area contributed by atoms with Crippen LogP contribution in [0.2, 0.25) is 0 Å². The van der Waals surface area contributed by atoms with E-state index in [0.29, 0.717) is 6.54 Å². The van der Waals surface area contributed by atoms with Gasteiger partial charge in [-0.1, -0.05) is 6.07 Å². The summed E-state index contributed by atoms with van der Waals surface area (Å²) >= 11 is 1.76. The van der Waals surface area contributed by atoms with Gasteiger partial charge in [-0.2, -0.15) is 0 Å². The van der Waals surface area contributed by atoms with Gasteiger partial charge in [0.25, 0.3) is 0 Å². The Morgan fingerprint density at radius 1 is 1.61 bits per heavy atom. The van der Waals surface area contributed by atoms with Crippen LogP contribution in [0, 0.1) is 0 Å². The van der Waals surface area contributed by atoms with E-state index in [1.54, 1.807) is 11.3 Å². The summed E-state index contributed by atoms with van der Waals surface area (Å²) in [5, 5.41) is 8.51. The van der Waals surface area contributed by atoms with Crippen LogP contribution >= 0.6 is 23.7 Å². The lowest BCUT2D eigenvalue weighted by atomic mass is 10.1. The van der Waals surface area contributed by atoms with Crippen molar-refractivity contribution in [2.45, 2.75) is 38.0 Å². The Morgan fingerprint density at radius 2 is 2.48 bits per heavy atom. The SMILES string of the molecule is CC1CN(C(CNC(=O)C2CCCN2)c2cccs2)CCO1.Cl. The number of hydrogen-bond donors (Lipinski definition) is 2. The van der Waals surface area contributed by atoms with Crippen LogP contribution in [0.3, 0.4) is 0 Å². The zero-order valence-corrected chi connectivity index (χ0v) is 15.1. The van der Waals surface area contributed by atoms with Crippen LogP contribution in [0.25, 0.3) is 0 Å². The average molecular weight is 360 g/mol. The lowest BCUT2D eigenvalue weighted by Crippen LogP contribution is -2.48. The molecule has 0 aromatic carbocycles. The average Bonchev–Trinajstić information content (AvgIpc) is 3.21. The number of morpholine rings is 1. The number of carbonyl (C=O) groups is 1. The largest absolute Gasteiger partial charge is 0.376 e. The number of nitrogens with one attached hydrogen (secondary N) is 2. The van der Waals surface area contributed by atoms with Crippen molar-refractivity contribution in [1.82, 2.24) is 15.5 Å². The minimum Gasteiger partial charge on any atom is -0.376 e. The third-order valence-electron chi connectivity index (χ3n) is 4.43. The Morgan fingerprint density at radius 3 is 3.13 bits per heavy atom. The molecule has 2 fully saturated rings. The molecule has 3 unspecified atom stereocenters. The van der Waals surface area contributed by atoms with E-state index in [1.807, 2.05) is 0 Å². The summed E-state index contributed by atoms with van der Waals surface area (Å²) in [6.07, 6.45) is 2.29. The molecule has 2 aliphatic rings. The highest BCUT2D eigenvalue weighted by Gasteiger charge is 2.28. The molecule has 23 heavy (non-hydrogen) atoms. The van der Waals surface area contributed by atoms with Gasteiger partial charge in [0.05, 0.1) is 24.8 Å². The van der Waals surface area contributed by atoms with Crippen molar-refractivity contribution in [1.29, 1.82) is 0 Å². The van der Waals surface area contributed by atoms with Gasteiger partial charge in [-0.15, -0.1) is 23.7 Å². The number of halogens is 1. The maximum atomic E-state index is 12.3. The second-order valence-electron chi connectivity index (χ2n) is 6.10. The highest BCUT2D eigenvalue weighted by Crippen LogP contribution is 2.26. The van der Waals surface area contributed by atoms with E-state index >= 15 is 0 Å². The first-order valence-corrected chi connectivity index (χ1v) is 9.02. The van der Waals surface area contributed by atoms with E-state index in [0.717, 1.165) is 39.1 Å². The molecule has 1 amide bonds. The number of nitrogens with zero attached hydrogens (tertiary/aromatic N) is 1. The molecule has 130 valence electrons. The van der Waals surface area contributed by atoms with Crippen LogP contribution in [0.1, 0.15) is 30.7 Å². The maximum absolute atomic E-state index is 12.3. The molecule has 2 N–H and O–H groups in total. The summed E-state index contributed by atoms with van der Waals surface area (Å²) in [4.78, 5) is 16.0. The van der Waals surface area contributed by atoms with E-state index < -0.39 is 0 Å². The normalized spacial score (nSPS) is 26.5. The number of carbonyl (C=O) groups excluding carboxylic acids is 1. The van der Waals surface area contributed by atoms with E-state index in [1.165, 1.54) is 4.88 Å². The fourth-order valence-electron chi connectivity index (χ4n) is 3.25. The molecule has 0 saturated carbocycles. The third kappa shape index (κ3) is 4.90. The maximum Gasteiger partial charge on any atom is 0.237 e. The van der Waals surface area contributed by atoms with Gasteiger partial charge in [-0.3, -0.25) is 9.69 Å². The van der Waals surface area contributed by atoms with Crippen molar-refractivity contribution in [3.8, 4) is 0 Å². The van der Waals surface area contributed by atoms with Crippen molar-refractivity contribution in [3.05, 3.63) is 22.4 Å². The van der Waals surface area contributed by atoms with Gasteiger partial charge in [0.2, 0.25) is 5.91 Å². The Labute approximate surface area is 148 Å². The molecule has 0 bridgehead atoms. The Bertz CT molecular complexity index is 480. The summed E-state index contributed by atoms with van der Waals surface area (Å²) in [7, 11) is 0. The predicted molar refractivity (Wildman–Crippen MR) is 95.3 cm³/mol. The summed E-state index contributed by atoms with van der Waals surface area (Å²) in [5.74, 6) is 0.139. The predicted octanol–water partition coefficient (Wildman–Crippen LogP) is 1.80. The fraction of sp³-hybridized carbons (Fsp3) is 0.688. The summed E-state index contributed by atoms with van der Waals surface area (Å²) in [6.45, 7) is 6.34. The van der Waals surface area contributed by atoms with Crippen LogP contribution in [0.5, 0.6) is 0 Å². The Hall–Kier alpha value is -0.660. The van der Waals surface area contributed by atoms with E-state index in [9.17, 15) is 4.79 Å². The standard InChI is InChI=1S/C16H25N3O2S.ClH/c1-12-11-19(7-8-21-12)14(15-5-3-9-22-15)10-18-16(20)13-4-2-6-17-13;/h3,5,9,12-14,17H,2,4,6-8,10-11H2,1H3,(H,18,20);1H. The Balaban J connectivity index is 0.00000192. The fourth-order valence-corrected chi connectivity index (χ4v) is 4.11. The zero-order valence-electron chi connectivity index (χ0n) is 13.5. The van der Waals surface area contributed by atoms with Gasteiger partial charge in [-0.05, 0) is 37.8 Å². The molecule has 0 radical (unpaired) electrons. The minimum atomic E-state index is -0.00685. The quantitative estimate of drug-likeness (QED) is 0.841. The van der Waals surface area contributed by atoms with Crippen LogP contribution in [-0.4, -0.2) is 55.7 Å². The second kappa shape index (κ2) is 8.99. The zero-order chi connectivity index (χ0) is 15.4. The number of ether oxygens (including phenoxy) is 1. The van der Waals surface area contributed by atoms with Gasteiger partial charge in [0, 0.05) is 24.5 Å². The number of rotatable bonds is 5. The smallest absolute Gasteiger partial charge is 0.237 e. The highest BCUT2D eigenvalue weighted by atomic mass is 35.5. The molecule has 2 aliphatic heterocycles. The molecule has 3 atom stereocenters. The third-order valence-corrected chi connectivity index (χ3v) is 5.40. The first-order valence-electron chi connectivity index (χ1n) is 8.14. The van der Waals surface area contributed by atoms with Crippen LogP contribution < -0.4 is 10.6 Å². The van der Waals surface area contributed by atoms with Crippen LogP contribution in [0.4, 0.5) is 0 Å². The molecule has 3 rings (SSSR count). The Kier molecular flexibility index (Phi) is 7.30. The molecule has 0 aliphatic carbocycles. The molecule has 3 heterocycles. The van der Waals surface area contributed by atoms with E-state index in [2.05, 4.69) is 40.0 Å². The van der Waals surface area contributed by atoms with Crippen molar-refractivity contribution in [2.24, 2.45) is 0 Å². The first kappa shape index (κ1) is 18.7. The molecule has 0 spiro atoms. The molecule has 1 aromatic heterocycles. The van der Waals surface area contributed by atoms with Gasteiger partial charge in [0.1, 0.15) is 0 Å². The highest BCUT2D eigenvalue weighted by molar-refractivity contribution is 7.10. The lowest BCUT2D eigenvalue weighted by molar-refractivity contribution is -0.123. The summed E-state index contributed by atoms with van der Waals surface area (Å²) < 4.78 is 5.65. The number of amides is 1. The van der Waals surface area contributed by atoms with Crippen molar-refractivity contribution in [3.63, 3.8) is 0 Å². The van der Waals surface area contributed by atoms with Gasteiger partial charge in [0.15, 0.2) is 0 Å². The number of hydrogen-bond acceptors (Lipinski definition) is 5. The molecule has 7 heteroatoms. The molecular weight excluding hydrogens is 334 g/mol. The molecule has 1 aromatic rings. The van der Waals surface area contributed by atoms with Gasteiger partial charge in [-0.25, -0.2) is 0 Å². The van der Waals surface area contributed by atoms with E-state index in [4.69, 9.17) is 4.74 Å². The summed E-state index contributed by atoms with van der Waals surface area (Å²) in [6, 6.07) is 4.48. The van der Waals surface area contributed by atoms with Crippen LogP contribution in [-0.2, 0) is 9.53 Å². The van der Waals surface area contributed by atoms with Crippen molar-refractivity contribution >= 4 is 29.7 Å². The lowest BCUT2D eigenvalue weighted by Gasteiger charge is -2.37. The molecule has 5 nitrogen and oxygen atoms in total. The minimum absolute atomic E-state index is 0. The van der Waals surface area contributed by atoms with Crippen molar-refractivity contribution < 1.29 is 9.53 Å². The van der Waals surface area contributed by atoms with E-state index in [-0.39, 0.29) is 36.5 Å². The van der Waals surface area contributed by atoms with Gasteiger partial charge >= 0.3 is 0 Å². The van der Waals surface area contributed by atoms with Crippen molar-refractivity contribution in [2.75, 3.05) is 32.8 Å². The summed E-state index contributed by atoms with van der Waals surface area (Å²) in [5.41, 5.74) is 0. The second-order valence-corrected chi connectivity index (χ2v) is 7.08. The monoisotopic (exact) mass is 359 g/mol. The molecule has 2 saturated heterocycles. The van der Waals surface area contributed by atoms with Crippen LogP contribution in [0.15, 0.2) is 17.5 Å². The number of thiophene rings is 1. The first-order chi connectivity index (χ1) is 10.7. The topological polar surface area (TPSA) is 53.6 Å². The van der Waals surface area contributed by atoms with Gasteiger partial charge < -0.3 is 15.4 Å².